The van der Waals surface area contributed by atoms with Gasteiger partial charge in [0.1, 0.15) is 0 Å². The Morgan fingerprint density at radius 2 is 1.88 bits per heavy atom. The van der Waals surface area contributed by atoms with Gasteiger partial charge < -0.3 is 9.47 Å². The number of carbonyl (C=O) groups excluding carboxylic acids is 1. The number of Topliss-reactive ketones (excluding diaryl/α,β-unsaturated/α-hetero) is 1. The highest BCUT2D eigenvalue weighted by Crippen LogP contribution is 2.35. The summed E-state index contributed by atoms with van der Waals surface area (Å²) in [5, 5.41) is 2.81. The minimum Gasteiger partial charge on any atom is -0.493 e. The monoisotopic (exact) mass is 221 g/mol. The summed E-state index contributed by atoms with van der Waals surface area (Å²) in [6.07, 6.45) is 0.345. The molecule has 0 fully saturated rings. The summed E-state index contributed by atoms with van der Waals surface area (Å²) in [5.41, 5.74) is 1.29. The number of nitrogens with zero attached hydrogens (tertiary/aromatic N) is 1. The van der Waals surface area contributed by atoms with Crippen molar-refractivity contribution in [2.24, 2.45) is 5.18 Å². The molecule has 0 N–H and O–H groups in total. The zero-order valence-electron chi connectivity index (χ0n) is 9.02. The minimum absolute atomic E-state index is 0.244. The molecule has 0 radical (unpaired) electrons. The molecule has 1 aliphatic carbocycles. The first-order valence-corrected chi connectivity index (χ1v) is 4.82. The molecule has 1 atom stereocenters. The quantitative estimate of drug-likeness (QED) is 0.727. The maximum Gasteiger partial charge on any atom is 0.191 e. The Morgan fingerprint density at radius 3 is 2.44 bits per heavy atom. The van der Waals surface area contributed by atoms with E-state index >= 15 is 0 Å². The van der Waals surface area contributed by atoms with Crippen LogP contribution in [0, 0.1) is 4.91 Å². The third-order valence-electron chi connectivity index (χ3n) is 2.72. The van der Waals surface area contributed by atoms with Crippen molar-refractivity contribution < 1.29 is 14.3 Å². The molecular formula is C11H11NO4. The first-order valence-electron chi connectivity index (χ1n) is 4.82. The number of rotatable bonds is 3. The van der Waals surface area contributed by atoms with Gasteiger partial charge in [0, 0.05) is 12.0 Å². The first-order chi connectivity index (χ1) is 7.71. The smallest absolute Gasteiger partial charge is 0.191 e. The molecule has 0 heterocycles. The van der Waals surface area contributed by atoms with Gasteiger partial charge in [0.15, 0.2) is 23.3 Å². The number of ketones is 1. The molecule has 1 aromatic carbocycles. The molecule has 84 valence electrons. The van der Waals surface area contributed by atoms with E-state index in [0.717, 1.165) is 5.56 Å². The van der Waals surface area contributed by atoms with Crippen LogP contribution in [-0.2, 0) is 6.42 Å². The lowest BCUT2D eigenvalue weighted by Crippen LogP contribution is -2.11. The van der Waals surface area contributed by atoms with Gasteiger partial charge in [0.25, 0.3) is 0 Å². The second-order valence-electron chi connectivity index (χ2n) is 3.55. The summed E-state index contributed by atoms with van der Waals surface area (Å²) >= 11 is 0. The minimum atomic E-state index is -0.799. The fourth-order valence-corrected chi connectivity index (χ4v) is 1.88. The van der Waals surface area contributed by atoms with E-state index < -0.39 is 6.04 Å². The number of hydrogen-bond acceptors (Lipinski definition) is 5. The topological polar surface area (TPSA) is 65.0 Å². The van der Waals surface area contributed by atoms with Crippen LogP contribution in [0.4, 0.5) is 0 Å². The summed E-state index contributed by atoms with van der Waals surface area (Å²) in [4.78, 5) is 22.2. The Bertz CT molecular complexity index is 456. The van der Waals surface area contributed by atoms with Crippen LogP contribution in [0.15, 0.2) is 17.3 Å². The highest BCUT2D eigenvalue weighted by atomic mass is 16.5. The summed E-state index contributed by atoms with van der Waals surface area (Å²) in [6, 6.07) is 2.52. The molecule has 0 spiro atoms. The number of benzene rings is 1. The van der Waals surface area contributed by atoms with E-state index in [2.05, 4.69) is 5.18 Å². The average molecular weight is 221 g/mol. The van der Waals surface area contributed by atoms with Crippen LogP contribution >= 0.6 is 0 Å². The molecule has 0 aromatic heterocycles. The zero-order valence-corrected chi connectivity index (χ0v) is 9.02. The largest absolute Gasteiger partial charge is 0.493 e. The van der Waals surface area contributed by atoms with Crippen LogP contribution in [0.1, 0.15) is 15.9 Å². The van der Waals surface area contributed by atoms with Crippen LogP contribution in [0.2, 0.25) is 0 Å². The fraction of sp³-hybridized carbons (Fsp3) is 0.364. The second-order valence-corrected chi connectivity index (χ2v) is 3.55. The Hall–Kier alpha value is -1.91. The predicted molar refractivity (Wildman–Crippen MR) is 57.2 cm³/mol. The molecule has 0 amide bonds. The second kappa shape index (κ2) is 3.92. The summed E-state index contributed by atoms with van der Waals surface area (Å²) in [7, 11) is 3.02. The highest BCUT2D eigenvalue weighted by Gasteiger charge is 2.32. The van der Waals surface area contributed by atoms with Crippen molar-refractivity contribution in [3.8, 4) is 11.5 Å². The normalized spacial score (nSPS) is 18.1. The van der Waals surface area contributed by atoms with Crippen molar-refractivity contribution in [1.29, 1.82) is 0 Å². The van der Waals surface area contributed by atoms with E-state index in [0.29, 0.717) is 23.5 Å². The molecule has 1 unspecified atom stereocenters. The van der Waals surface area contributed by atoms with Crippen molar-refractivity contribution in [3.63, 3.8) is 0 Å². The zero-order chi connectivity index (χ0) is 11.7. The van der Waals surface area contributed by atoms with Crippen molar-refractivity contribution >= 4 is 5.78 Å². The standard InChI is InChI=1S/C11H11NO4/c1-15-9-4-6-3-8(12-14)11(13)7(6)5-10(9)16-2/h4-5,8H,3H2,1-2H3. The van der Waals surface area contributed by atoms with Gasteiger partial charge >= 0.3 is 0 Å². The third-order valence-corrected chi connectivity index (χ3v) is 2.72. The van der Waals surface area contributed by atoms with E-state index in [9.17, 15) is 9.70 Å². The molecule has 0 aliphatic heterocycles. The molecule has 0 saturated heterocycles. The SMILES string of the molecule is COc1cc2c(cc1OC)C(=O)C(N=O)C2. The van der Waals surface area contributed by atoms with Gasteiger partial charge in [-0.05, 0) is 17.7 Å². The Labute approximate surface area is 92.3 Å². The summed E-state index contributed by atoms with van der Waals surface area (Å²) in [5.74, 6) is 0.799. The van der Waals surface area contributed by atoms with Gasteiger partial charge in [-0.1, -0.05) is 5.18 Å². The molecular weight excluding hydrogens is 210 g/mol. The van der Waals surface area contributed by atoms with Gasteiger partial charge in [-0.15, -0.1) is 0 Å². The van der Waals surface area contributed by atoms with Crippen LogP contribution in [0.5, 0.6) is 11.5 Å². The van der Waals surface area contributed by atoms with E-state index in [1.54, 1.807) is 12.1 Å². The number of methoxy groups -OCH3 is 2. The maximum atomic E-state index is 11.7. The molecule has 16 heavy (non-hydrogen) atoms. The Kier molecular flexibility index (Phi) is 2.60. The number of carbonyl (C=O) groups is 1. The molecule has 0 saturated carbocycles. The lowest BCUT2D eigenvalue weighted by Gasteiger charge is -2.08. The first kappa shape index (κ1) is 10.6. The summed E-state index contributed by atoms with van der Waals surface area (Å²) < 4.78 is 10.2. The molecule has 5 nitrogen and oxygen atoms in total. The number of ether oxygens (including phenoxy) is 2. The van der Waals surface area contributed by atoms with E-state index in [-0.39, 0.29) is 5.78 Å². The average Bonchev–Trinajstić information content (AvgIpc) is 2.63. The fourth-order valence-electron chi connectivity index (χ4n) is 1.88. The van der Waals surface area contributed by atoms with Gasteiger partial charge in [0.2, 0.25) is 0 Å². The third kappa shape index (κ3) is 1.44. The van der Waals surface area contributed by atoms with Crippen molar-refractivity contribution in [2.75, 3.05) is 14.2 Å². The Balaban J connectivity index is 2.51. The summed E-state index contributed by atoms with van der Waals surface area (Å²) in [6.45, 7) is 0. The molecule has 5 heteroatoms. The van der Waals surface area contributed by atoms with Crippen LogP contribution in [0.3, 0.4) is 0 Å². The van der Waals surface area contributed by atoms with Crippen LogP contribution in [-0.4, -0.2) is 26.0 Å². The van der Waals surface area contributed by atoms with Crippen LogP contribution < -0.4 is 9.47 Å². The lowest BCUT2D eigenvalue weighted by molar-refractivity contribution is 0.0975. The molecule has 0 bridgehead atoms. The van der Waals surface area contributed by atoms with E-state index in [4.69, 9.17) is 9.47 Å². The van der Waals surface area contributed by atoms with Gasteiger partial charge in [0.05, 0.1) is 14.2 Å². The van der Waals surface area contributed by atoms with Gasteiger partial charge in [-0.3, -0.25) is 4.79 Å². The highest BCUT2D eigenvalue weighted by molar-refractivity contribution is 6.05. The van der Waals surface area contributed by atoms with Crippen LogP contribution in [0.25, 0.3) is 0 Å². The lowest BCUT2D eigenvalue weighted by atomic mass is 10.1. The number of fused-ring (bicyclic) bond motifs is 1. The van der Waals surface area contributed by atoms with E-state index in [1.165, 1.54) is 14.2 Å². The molecule has 1 aliphatic rings. The maximum absolute atomic E-state index is 11.7. The van der Waals surface area contributed by atoms with Gasteiger partial charge in [-0.25, -0.2) is 0 Å². The van der Waals surface area contributed by atoms with Crippen molar-refractivity contribution in [3.05, 3.63) is 28.2 Å². The van der Waals surface area contributed by atoms with E-state index in [1.807, 2.05) is 0 Å². The molecule has 2 rings (SSSR count). The van der Waals surface area contributed by atoms with Crippen molar-refractivity contribution in [1.82, 2.24) is 0 Å². The molecule has 1 aromatic rings. The number of nitroso groups, excluding NO2 is 1. The predicted octanol–water partition coefficient (Wildman–Crippen LogP) is 1.58. The van der Waals surface area contributed by atoms with Crippen molar-refractivity contribution in [2.45, 2.75) is 12.5 Å². The van der Waals surface area contributed by atoms with Gasteiger partial charge in [-0.2, -0.15) is 4.91 Å². The number of hydrogen-bond donors (Lipinski definition) is 0. The Morgan fingerprint density at radius 1 is 1.25 bits per heavy atom.